The van der Waals surface area contributed by atoms with E-state index in [4.69, 9.17) is 4.74 Å². The Morgan fingerprint density at radius 3 is 2.10 bits per heavy atom. The van der Waals surface area contributed by atoms with Crippen molar-refractivity contribution >= 4 is 13.6 Å². The number of rotatable bonds is 13. The van der Waals surface area contributed by atoms with Crippen LogP contribution in [0.1, 0.15) is 51.4 Å². The van der Waals surface area contributed by atoms with Crippen molar-refractivity contribution in [3.63, 3.8) is 0 Å². The van der Waals surface area contributed by atoms with E-state index >= 15 is 0 Å². The van der Waals surface area contributed by atoms with Crippen LogP contribution in [0.4, 0.5) is 0 Å². The van der Waals surface area contributed by atoms with Crippen LogP contribution < -0.4 is 0 Å². The zero-order chi connectivity index (χ0) is 15.3. The van der Waals surface area contributed by atoms with Crippen LogP contribution in [0, 0.1) is 0 Å². The monoisotopic (exact) mass is 306 g/mol. The molecule has 0 heterocycles. The van der Waals surface area contributed by atoms with Crippen LogP contribution in [0.5, 0.6) is 0 Å². The van der Waals surface area contributed by atoms with Gasteiger partial charge in [-0.3, -0.25) is 4.57 Å². The van der Waals surface area contributed by atoms with Crippen molar-refractivity contribution in [2.45, 2.75) is 51.4 Å². The largest absolute Gasteiger partial charge is 0.463 e. The van der Waals surface area contributed by atoms with Crippen molar-refractivity contribution in [2.24, 2.45) is 0 Å². The maximum Gasteiger partial charge on any atom is 0.330 e. The summed E-state index contributed by atoms with van der Waals surface area (Å²) in [6.45, 7) is 3.80. The predicted octanol–water partition coefficient (Wildman–Crippen LogP) is 3.67. The Bertz CT molecular complexity index is 317. The number of ether oxygens (including phenoxy) is 1. The van der Waals surface area contributed by atoms with Crippen LogP contribution in [0.2, 0.25) is 0 Å². The van der Waals surface area contributed by atoms with Gasteiger partial charge in [-0.1, -0.05) is 45.1 Å². The number of carbonyl (C=O) groups excluding carboxylic acids is 1. The zero-order valence-electron chi connectivity index (χ0n) is 12.4. The topological polar surface area (TPSA) is 72.8 Å². The fraction of sp³-hybridized carbons (Fsp3) is 0.786. The molecule has 6 heteroatoms. The molecule has 0 aliphatic heterocycles. The molecule has 0 aliphatic carbocycles. The highest BCUT2D eigenvalue weighted by Gasteiger charge is 2.15. The van der Waals surface area contributed by atoms with Gasteiger partial charge in [-0.25, -0.2) is 4.79 Å². The summed E-state index contributed by atoms with van der Waals surface area (Å²) in [5.74, 6) is -0.359. The second-order valence-corrected chi connectivity index (χ2v) is 6.83. The molecule has 1 unspecified atom stereocenters. The summed E-state index contributed by atoms with van der Waals surface area (Å²) in [6, 6.07) is 0. The van der Waals surface area contributed by atoms with Crippen LogP contribution in [0.3, 0.4) is 0 Å². The van der Waals surface area contributed by atoms with Crippen molar-refractivity contribution < 1.29 is 23.5 Å². The van der Waals surface area contributed by atoms with Crippen molar-refractivity contribution in [1.29, 1.82) is 0 Å². The molecular weight excluding hydrogens is 279 g/mol. The van der Waals surface area contributed by atoms with E-state index in [1.165, 1.54) is 13.2 Å². The molecule has 0 aromatic carbocycles. The van der Waals surface area contributed by atoms with Crippen LogP contribution in [-0.4, -0.2) is 30.7 Å². The summed E-state index contributed by atoms with van der Waals surface area (Å²) in [4.78, 5) is 19.9. The van der Waals surface area contributed by atoms with Gasteiger partial charge in [0.1, 0.15) is 0 Å². The van der Waals surface area contributed by atoms with E-state index in [9.17, 15) is 14.3 Å². The Morgan fingerprint density at radius 2 is 1.60 bits per heavy atom. The average Bonchev–Trinajstić information content (AvgIpc) is 2.44. The molecule has 0 fully saturated rings. The van der Waals surface area contributed by atoms with Crippen molar-refractivity contribution in [1.82, 2.24) is 0 Å². The first-order valence-electron chi connectivity index (χ1n) is 7.18. The van der Waals surface area contributed by atoms with Gasteiger partial charge in [0.05, 0.1) is 6.61 Å². The van der Waals surface area contributed by atoms with Gasteiger partial charge in [-0.05, 0) is 12.8 Å². The normalized spacial score (nSPS) is 13.7. The molecule has 0 spiro atoms. The summed E-state index contributed by atoms with van der Waals surface area (Å²) in [6.07, 6.45) is 9.56. The highest BCUT2D eigenvalue weighted by Crippen LogP contribution is 2.41. The molecule has 0 radical (unpaired) electrons. The smallest absolute Gasteiger partial charge is 0.330 e. The third-order valence-electron chi connectivity index (χ3n) is 3.03. The molecule has 118 valence electrons. The minimum atomic E-state index is -3.31. The molecule has 0 bridgehead atoms. The van der Waals surface area contributed by atoms with Crippen LogP contribution in [0.25, 0.3) is 0 Å². The second kappa shape index (κ2) is 12.1. The Balaban J connectivity index is 3.19. The molecule has 0 rings (SSSR count). The van der Waals surface area contributed by atoms with E-state index in [1.807, 2.05) is 0 Å². The van der Waals surface area contributed by atoms with Crippen LogP contribution in [0.15, 0.2) is 12.7 Å². The maximum atomic E-state index is 11.2. The van der Waals surface area contributed by atoms with Gasteiger partial charge < -0.3 is 14.2 Å². The maximum absolute atomic E-state index is 11.2. The Kier molecular flexibility index (Phi) is 11.7. The first-order valence-corrected chi connectivity index (χ1v) is 8.95. The average molecular weight is 306 g/mol. The minimum Gasteiger partial charge on any atom is -0.463 e. The van der Waals surface area contributed by atoms with E-state index < -0.39 is 7.60 Å². The summed E-state index contributed by atoms with van der Waals surface area (Å²) in [7, 11) is -2.04. The molecule has 0 aromatic rings. The molecular formula is C14H27O5P. The zero-order valence-corrected chi connectivity index (χ0v) is 13.3. The molecule has 0 amide bonds. The molecule has 1 N–H and O–H groups in total. The lowest BCUT2D eigenvalue weighted by molar-refractivity contribution is -0.137. The highest BCUT2D eigenvalue weighted by atomic mass is 31.2. The second-order valence-electron chi connectivity index (χ2n) is 4.74. The first kappa shape index (κ1) is 19.4. The Morgan fingerprint density at radius 1 is 1.10 bits per heavy atom. The number of esters is 1. The lowest BCUT2D eigenvalue weighted by Gasteiger charge is -2.07. The molecule has 20 heavy (non-hydrogen) atoms. The van der Waals surface area contributed by atoms with Crippen molar-refractivity contribution in [3.8, 4) is 0 Å². The lowest BCUT2D eigenvalue weighted by atomic mass is 10.1. The summed E-state index contributed by atoms with van der Waals surface area (Å²) >= 11 is 0. The molecule has 0 aromatic heterocycles. The molecule has 0 saturated heterocycles. The van der Waals surface area contributed by atoms with Gasteiger partial charge in [0.25, 0.3) is 0 Å². The molecule has 1 atom stereocenters. The van der Waals surface area contributed by atoms with Crippen molar-refractivity contribution in [3.05, 3.63) is 12.7 Å². The first-order chi connectivity index (χ1) is 9.52. The predicted molar refractivity (Wildman–Crippen MR) is 79.8 cm³/mol. The van der Waals surface area contributed by atoms with E-state index in [-0.39, 0.29) is 12.1 Å². The standard InChI is InChI=1S/C14H27O5P/c1-3-14(15)19-12-10-8-6-4-5-7-9-11-13-20(16,17)18-2/h3H,1,4-13H2,2H3,(H,16,17). The van der Waals surface area contributed by atoms with Crippen molar-refractivity contribution in [2.75, 3.05) is 19.9 Å². The number of hydrogen-bond donors (Lipinski definition) is 1. The van der Waals surface area contributed by atoms with Gasteiger partial charge in [-0.15, -0.1) is 0 Å². The summed E-state index contributed by atoms with van der Waals surface area (Å²) in [5, 5.41) is 0. The van der Waals surface area contributed by atoms with Gasteiger partial charge in [0, 0.05) is 19.3 Å². The van der Waals surface area contributed by atoms with Gasteiger partial charge in [0.2, 0.25) is 0 Å². The van der Waals surface area contributed by atoms with E-state index in [0.717, 1.165) is 51.4 Å². The Labute approximate surface area is 121 Å². The Hall–Kier alpha value is -0.640. The van der Waals surface area contributed by atoms with Crippen LogP contribution >= 0.6 is 7.60 Å². The van der Waals surface area contributed by atoms with Gasteiger partial charge >= 0.3 is 13.6 Å². The molecule has 0 aliphatic rings. The quantitative estimate of drug-likeness (QED) is 0.243. The SMILES string of the molecule is C=CC(=O)OCCCCCCCCCCP(=O)(O)OC. The lowest BCUT2D eigenvalue weighted by Crippen LogP contribution is -2.01. The van der Waals surface area contributed by atoms with Gasteiger partial charge in [-0.2, -0.15) is 0 Å². The van der Waals surface area contributed by atoms with Gasteiger partial charge in [0.15, 0.2) is 0 Å². The van der Waals surface area contributed by atoms with E-state index in [2.05, 4.69) is 11.1 Å². The summed E-state index contributed by atoms with van der Waals surface area (Å²) < 4.78 is 20.6. The minimum absolute atomic E-state index is 0.248. The third kappa shape index (κ3) is 12.4. The number of carbonyl (C=O) groups is 1. The third-order valence-corrected chi connectivity index (χ3v) is 4.48. The summed E-state index contributed by atoms with van der Waals surface area (Å²) in [5.41, 5.74) is 0. The highest BCUT2D eigenvalue weighted by molar-refractivity contribution is 7.52. The number of unbranched alkanes of at least 4 members (excludes halogenated alkanes) is 7. The van der Waals surface area contributed by atoms with E-state index in [1.54, 1.807) is 0 Å². The molecule has 0 saturated carbocycles. The fourth-order valence-corrected chi connectivity index (χ4v) is 2.60. The molecule has 5 nitrogen and oxygen atoms in total. The number of hydrogen-bond acceptors (Lipinski definition) is 4. The van der Waals surface area contributed by atoms with Crippen LogP contribution in [-0.2, 0) is 18.6 Å². The van der Waals surface area contributed by atoms with E-state index in [0.29, 0.717) is 6.61 Å². The fourth-order valence-electron chi connectivity index (χ4n) is 1.80.